The fraction of sp³-hybridized carbons (Fsp3) is 0.483. The average Bonchev–Trinajstić information content (AvgIpc) is 2.84. The zero-order chi connectivity index (χ0) is 25.7. The molecule has 3 rings (SSSR count). The Morgan fingerprint density at radius 3 is 2.09 bits per heavy atom. The fourth-order valence-electron chi connectivity index (χ4n) is 5.25. The lowest BCUT2D eigenvalue weighted by Gasteiger charge is -2.47. The molecular formula is C29H40O5Si. The van der Waals surface area contributed by atoms with Crippen LogP contribution < -0.4 is 10.4 Å². The molecule has 0 bridgehead atoms. The molecule has 6 heteroatoms. The molecule has 1 fully saturated rings. The second kappa shape index (κ2) is 10.8. The third-order valence-electron chi connectivity index (χ3n) is 6.99. The molecule has 0 aromatic heterocycles. The van der Waals surface area contributed by atoms with Gasteiger partial charge in [0.05, 0.1) is 19.3 Å². The van der Waals surface area contributed by atoms with Crippen LogP contribution >= 0.6 is 0 Å². The van der Waals surface area contributed by atoms with Gasteiger partial charge < -0.3 is 18.6 Å². The molecule has 5 nitrogen and oxygen atoms in total. The first-order valence-corrected chi connectivity index (χ1v) is 14.2. The van der Waals surface area contributed by atoms with E-state index in [2.05, 4.69) is 51.6 Å². The van der Waals surface area contributed by atoms with E-state index in [0.29, 0.717) is 6.61 Å². The number of esters is 1. The number of ether oxygens (including phenoxy) is 3. The quantitative estimate of drug-likeness (QED) is 0.288. The van der Waals surface area contributed by atoms with Crippen LogP contribution in [0.4, 0.5) is 0 Å². The Morgan fingerprint density at radius 1 is 1.09 bits per heavy atom. The van der Waals surface area contributed by atoms with Crippen LogP contribution in [0.15, 0.2) is 73.3 Å². The van der Waals surface area contributed by atoms with Gasteiger partial charge >= 0.3 is 5.97 Å². The van der Waals surface area contributed by atoms with Crippen molar-refractivity contribution in [1.82, 2.24) is 0 Å². The highest BCUT2D eigenvalue weighted by Crippen LogP contribution is 2.39. The second-order valence-electron chi connectivity index (χ2n) is 10.7. The summed E-state index contributed by atoms with van der Waals surface area (Å²) in [7, 11) is -1.49. The molecule has 2 aromatic carbocycles. The Labute approximate surface area is 211 Å². The molecule has 1 heterocycles. The van der Waals surface area contributed by atoms with Crippen LogP contribution in [0.3, 0.4) is 0 Å². The maximum Gasteiger partial charge on any atom is 0.340 e. The minimum Gasteiger partial charge on any atom is -0.467 e. The molecule has 0 spiro atoms. The molecule has 190 valence electrons. The van der Waals surface area contributed by atoms with Crippen molar-refractivity contribution in [2.24, 2.45) is 0 Å². The van der Waals surface area contributed by atoms with E-state index in [-0.39, 0.29) is 17.7 Å². The van der Waals surface area contributed by atoms with Gasteiger partial charge in [0.2, 0.25) is 0 Å². The maximum atomic E-state index is 13.2. The first-order chi connectivity index (χ1) is 16.5. The van der Waals surface area contributed by atoms with Gasteiger partial charge in [-0.15, -0.1) is 6.58 Å². The van der Waals surface area contributed by atoms with Crippen LogP contribution in [0.2, 0.25) is 5.04 Å². The summed E-state index contributed by atoms with van der Waals surface area (Å²) in [6, 6.07) is 20.7. The van der Waals surface area contributed by atoms with Crippen molar-refractivity contribution < 1.29 is 23.4 Å². The minimum atomic E-state index is -2.87. The zero-order valence-electron chi connectivity index (χ0n) is 22.0. The van der Waals surface area contributed by atoms with Gasteiger partial charge in [-0.3, -0.25) is 0 Å². The topological polar surface area (TPSA) is 54.0 Å². The molecule has 0 saturated carbocycles. The Morgan fingerprint density at radius 2 is 1.63 bits per heavy atom. The number of hydrogen-bond donors (Lipinski definition) is 0. The molecule has 2 aromatic rings. The lowest BCUT2D eigenvalue weighted by molar-refractivity contribution is -0.226. The Kier molecular flexibility index (Phi) is 8.43. The molecule has 0 aliphatic carbocycles. The lowest BCUT2D eigenvalue weighted by Crippen LogP contribution is -2.68. The van der Waals surface area contributed by atoms with Gasteiger partial charge in [-0.05, 0) is 42.1 Å². The van der Waals surface area contributed by atoms with E-state index < -0.39 is 25.5 Å². The predicted molar refractivity (Wildman–Crippen MR) is 143 cm³/mol. The smallest absolute Gasteiger partial charge is 0.340 e. The maximum absolute atomic E-state index is 13.2. The van der Waals surface area contributed by atoms with Crippen LogP contribution in [0, 0.1) is 0 Å². The number of carbonyl (C=O) groups is 1. The lowest BCUT2D eigenvalue weighted by atomic mass is 9.89. The van der Waals surface area contributed by atoms with Crippen molar-refractivity contribution in [2.45, 2.75) is 69.8 Å². The Balaban J connectivity index is 2.07. The third kappa shape index (κ3) is 5.46. The van der Waals surface area contributed by atoms with Crippen LogP contribution in [-0.2, 0) is 23.4 Å². The van der Waals surface area contributed by atoms with Crippen molar-refractivity contribution in [3.63, 3.8) is 0 Å². The molecule has 0 amide bonds. The van der Waals surface area contributed by atoms with Crippen molar-refractivity contribution >= 4 is 24.7 Å². The molecule has 3 atom stereocenters. The van der Waals surface area contributed by atoms with Gasteiger partial charge in [-0.25, -0.2) is 4.79 Å². The number of benzene rings is 2. The summed E-state index contributed by atoms with van der Waals surface area (Å²) >= 11 is 0. The Hall–Kier alpha value is -2.25. The van der Waals surface area contributed by atoms with E-state index in [1.807, 2.05) is 43.3 Å². The van der Waals surface area contributed by atoms with E-state index in [4.69, 9.17) is 18.6 Å². The summed E-state index contributed by atoms with van der Waals surface area (Å²) in [5.74, 6) is -0.468. The van der Waals surface area contributed by atoms with Crippen LogP contribution in [0.5, 0.6) is 0 Å². The summed E-state index contributed by atoms with van der Waals surface area (Å²) in [4.78, 5) is 13.2. The largest absolute Gasteiger partial charge is 0.467 e. The number of rotatable bonds is 9. The molecule has 1 saturated heterocycles. The molecule has 0 radical (unpaired) electrons. The summed E-state index contributed by atoms with van der Waals surface area (Å²) in [6.45, 7) is 15.0. The van der Waals surface area contributed by atoms with Gasteiger partial charge in [0.1, 0.15) is 6.10 Å². The fourth-order valence-corrected chi connectivity index (χ4v) is 9.89. The monoisotopic (exact) mass is 496 g/mol. The summed E-state index contributed by atoms with van der Waals surface area (Å²) in [6.07, 6.45) is 3.01. The van der Waals surface area contributed by atoms with Crippen molar-refractivity contribution in [1.29, 1.82) is 0 Å². The van der Waals surface area contributed by atoms with Crippen molar-refractivity contribution in [3.05, 3.63) is 73.3 Å². The molecular weight excluding hydrogens is 456 g/mol. The summed E-state index contributed by atoms with van der Waals surface area (Å²) in [5.41, 5.74) is -2.06. The van der Waals surface area contributed by atoms with E-state index in [1.54, 1.807) is 13.0 Å². The number of hydrogen-bond acceptors (Lipinski definition) is 5. The average molecular weight is 497 g/mol. The van der Waals surface area contributed by atoms with Gasteiger partial charge in [-0.2, -0.15) is 0 Å². The highest BCUT2D eigenvalue weighted by Gasteiger charge is 2.54. The molecule has 0 unspecified atom stereocenters. The normalized spacial score (nSPS) is 22.7. The number of carbonyl (C=O) groups excluding carboxylic acids is 1. The van der Waals surface area contributed by atoms with Gasteiger partial charge in [0.25, 0.3) is 8.32 Å². The Bertz CT molecular complexity index is 948. The van der Waals surface area contributed by atoms with Gasteiger partial charge in [-0.1, -0.05) is 87.5 Å². The zero-order valence-corrected chi connectivity index (χ0v) is 23.0. The standard InChI is InChI=1S/C29H40O5Si/c1-8-25-28(5,20-15-21-32-25)34-29(6,26(30)31-7)22-33-35(27(2,3)4,23-16-11-9-12-17-23)24-18-13-10-14-19-24/h8-14,16-19,25H,1,15,20-22H2,2-7H3/t25-,28+,29-/m1/s1. The summed E-state index contributed by atoms with van der Waals surface area (Å²) < 4.78 is 24.8. The predicted octanol–water partition coefficient (Wildman–Crippen LogP) is 4.64. The van der Waals surface area contributed by atoms with Gasteiger partial charge in [0.15, 0.2) is 5.60 Å². The van der Waals surface area contributed by atoms with Crippen LogP contribution in [0.1, 0.15) is 47.5 Å². The van der Waals surface area contributed by atoms with E-state index in [0.717, 1.165) is 23.2 Å². The summed E-state index contributed by atoms with van der Waals surface area (Å²) in [5, 5.41) is 2.05. The van der Waals surface area contributed by atoms with Crippen molar-refractivity contribution in [3.8, 4) is 0 Å². The van der Waals surface area contributed by atoms with E-state index in [9.17, 15) is 4.79 Å². The molecule has 1 aliphatic heterocycles. The van der Waals surface area contributed by atoms with Crippen LogP contribution in [-0.4, -0.2) is 51.9 Å². The SMILES string of the molecule is C=C[C@H]1OCCC[C@]1(C)O[C@](C)(CO[Si](c1ccccc1)(c1ccccc1)C(C)(C)C)C(=O)OC. The highest BCUT2D eigenvalue weighted by molar-refractivity contribution is 6.99. The van der Waals surface area contributed by atoms with E-state index >= 15 is 0 Å². The molecule has 0 N–H and O–H groups in total. The molecule has 1 aliphatic rings. The second-order valence-corrected chi connectivity index (χ2v) is 15.0. The van der Waals surface area contributed by atoms with Crippen LogP contribution in [0.25, 0.3) is 0 Å². The van der Waals surface area contributed by atoms with Gasteiger partial charge in [0, 0.05) is 6.61 Å². The van der Waals surface area contributed by atoms with Crippen molar-refractivity contribution in [2.75, 3.05) is 20.3 Å². The minimum absolute atomic E-state index is 0.0480. The first-order valence-electron chi connectivity index (χ1n) is 12.3. The highest BCUT2D eigenvalue weighted by atomic mass is 28.4. The molecule has 35 heavy (non-hydrogen) atoms. The third-order valence-corrected chi connectivity index (χ3v) is 12.0. The number of methoxy groups -OCH3 is 1. The first kappa shape index (κ1) is 27.3. The van der Waals surface area contributed by atoms with E-state index in [1.165, 1.54) is 7.11 Å².